The predicted molar refractivity (Wildman–Crippen MR) is 122 cm³/mol. The number of aliphatic hydroxyl groups is 1. The lowest BCUT2D eigenvalue weighted by Crippen LogP contribution is -2.46. The highest BCUT2D eigenvalue weighted by atomic mass is 35.5. The van der Waals surface area contributed by atoms with E-state index in [9.17, 15) is 9.90 Å². The molecular weight excluding hydrogens is 394 g/mol. The summed E-state index contributed by atoms with van der Waals surface area (Å²) in [7, 11) is 1.84. The fraction of sp³-hybridized carbons (Fsp3) is 0.385. The van der Waals surface area contributed by atoms with Crippen molar-refractivity contribution in [2.45, 2.75) is 32.6 Å². The highest BCUT2D eigenvalue weighted by Gasteiger charge is 2.56. The Balaban J connectivity index is 1.63. The van der Waals surface area contributed by atoms with Crippen LogP contribution in [-0.2, 0) is 11.2 Å². The monoisotopic (exact) mass is 419 g/mol. The zero-order valence-electron chi connectivity index (χ0n) is 17.4. The summed E-state index contributed by atoms with van der Waals surface area (Å²) in [6.07, 6.45) is 3.79. The number of carbonyl (C=O) groups is 1. The van der Waals surface area contributed by atoms with E-state index in [1.165, 1.54) is 5.71 Å². The molecule has 154 valence electrons. The van der Waals surface area contributed by atoms with Crippen LogP contribution in [0.15, 0.2) is 53.2 Å². The lowest BCUT2D eigenvalue weighted by atomic mass is 9.58. The van der Waals surface area contributed by atoms with Crippen LogP contribution >= 0.6 is 11.6 Å². The number of rotatable bonds is 3. The highest BCUT2D eigenvalue weighted by Crippen LogP contribution is 2.56. The number of aryl methyl sites for hydroxylation is 1. The van der Waals surface area contributed by atoms with Crippen LogP contribution in [0, 0.1) is 23.7 Å². The SMILES string of the molecule is CCc1ccc(-c2ccc(Cl)cc2)cc1C1=C(O)[C@H]2[C@@H](C1=O)[C@@H]1CC[C@H]2C(=NC)C1. The van der Waals surface area contributed by atoms with Crippen molar-refractivity contribution in [2.75, 3.05) is 7.05 Å². The first-order valence-electron chi connectivity index (χ1n) is 10.9. The third kappa shape index (κ3) is 2.86. The Hall–Kier alpha value is -2.39. The molecular formula is C26H26ClNO2. The van der Waals surface area contributed by atoms with E-state index in [1.807, 2.05) is 31.3 Å². The van der Waals surface area contributed by atoms with Crippen LogP contribution < -0.4 is 0 Å². The van der Waals surface area contributed by atoms with Gasteiger partial charge in [-0.25, -0.2) is 0 Å². The number of carbonyl (C=O) groups excluding carboxylic acids is 1. The van der Waals surface area contributed by atoms with E-state index in [0.29, 0.717) is 22.3 Å². The number of aliphatic hydroxyl groups excluding tert-OH is 1. The Morgan fingerprint density at radius 3 is 2.50 bits per heavy atom. The highest BCUT2D eigenvalue weighted by molar-refractivity contribution is 6.30. The molecule has 30 heavy (non-hydrogen) atoms. The summed E-state index contributed by atoms with van der Waals surface area (Å²) in [6.45, 7) is 2.09. The van der Waals surface area contributed by atoms with Crippen LogP contribution in [-0.4, -0.2) is 23.6 Å². The maximum Gasteiger partial charge on any atom is 0.170 e. The number of halogens is 1. The van der Waals surface area contributed by atoms with Gasteiger partial charge in [0, 0.05) is 35.5 Å². The molecule has 2 bridgehead atoms. The molecule has 0 spiro atoms. The molecule has 3 nitrogen and oxygen atoms in total. The summed E-state index contributed by atoms with van der Waals surface area (Å²) in [5.74, 6) is 0.746. The summed E-state index contributed by atoms with van der Waals surface area (Å²) in [4.78, 5) is 18.1. The number of hydrogen-bond donors (Lipinski definition) is 1. The van der Waals surface area contributed by atoms with Crippen LogP contribution in [0.5, 0.6) is 0 Å². The van der Waals surface area contributed by atoms with E-state index in [0.717, 1.165) is 47.9 Å². The van der Waals surface area contributed by atoms with Crippen molar-refractivity contribution in [3.63, 3.8) is 0 Å². The average molecular weight is 420 g/mol. The van der Waals surface area contributed by atoms with Gasteiger partial charge in [-0.2, -0.15) is 0 Å². The number of ketones is 1. The van der Waals surface area contributed by atoms with Crippen molar-refractivity contribution < 1.29 is 9.90 Å². The number of hydrogen-bond acceptors (Lipinski definition) is 3. The van der Waals surface area contributed by atoms with Crippen molar-refractivity contribution in [1.29, 1.82) is 0 Å². The van der Waals surface area contributed by atoms with Gasteiger partial charge in [-0.15, -0.1) is 0 Å². The van der Waals surface area contributed by atoms with Gasteiger partial charge in [0.1, 0.15) is 5.76 Å². The van der Waals surface area contributed by atoms with Crippen molar-refractivity contribution >= 4 is 28.7 Å². The van der Waals surface area contributed by atoms with E-state index >= 15 is 0 Å². The number of nitrogens with zero attached hydrogens (tertiary/aromatic N) is 1. The third-order valence-electron chi connectivity index (χ3n) is 7.42. The maximum absolute atomic E-state index is 13.6. The Bertz CT molecular complexity index is 1080. The van der Waals surface area contributed by atoms with Crippen molar-refractivity contribution in [2.24, 2.45) is 28.7 Å². The normalized spacial score (nSPS) is 29.0. The molecule has 2 aromatic rings. The standard InChI is InChI=1S/C26H26ClNO2/c1-3-14-4-5-16(15-6-9-18(27)10-7-15)12-20(14)24-25(29)22-17-8-11-19(21(13-17)28-2)23(22)26(24)30/h4-7,9-10,12,17,19,22-23,30H,3,8,11,13H2,1-2H3/t17-,19+,22+,23-/m1/s1. The number of fused-ring (bicyclic) bond motifs is 2. The molecule has 0 aliphatic heterocycles. The minimum atomic E-state index is -0.0948. The van der Waals surface area contributed by atoms with Crippen LogP contribution in [0.4, 0.5) is 0 Å². The van der Waals surface area contributed by atoms with Crippen molar-refractivity contribution in [3.8, 4) is 11.1 Å². The molecule has 0 amide bonds. The molecule has 2 aromatic carbocycles. The predicted octanol–water partition coefficient (Wildman–Crippen LogP) is 6.15. The summed E-state index contributed by atoms with van der Waals surface area (Å²) in [6, 6.07) is 14.0. The van der Waals surface area contributed by atoms with Gasteiger partial charge in [-0.05, 0) is 72.1 Å². The Morgan fingerprint density at radius 1 is 1.07 bits per heavy atom. The number of benzene rings is 2. The molecule has 3 saturated carbocycles. The second kappa shape index (κ2) is 7.39. The van der Waals surface area contributed by atoms with E-state index in [4.69, 9.17) is 11.6 Å². The molecule has 4 aliphatic carbocycles. The maximum atomic E-state index is 13.6. The molecule has 1 N–H and O–H groups in total. The van der Waals surface area contributed by atoms with E-state index in [-0.39, 0.29) is 23.5 Å². The molecule has 0 radical (unpaired) electrons. The van der Waals surface area contributed by atoms with Gasteiger partial charge in [0.05, 0.1) is 5.57 Å². The molecule has 6 rings (SSSR count). The minimum absolute atomic E-state index is 0.0897. The fourth-order valence-corrected chi connectivity index (χ4v) is 6.11. The zero-order valence-corrected chi connectivity index (χ0v) is 18.1. The Morgan fingerprint density at radius 2 is 1.80 bits per heavy atom. The van der Waals surface area contributed by atoms with Gasteiger partial charge in [0.25, 0.3) is 0 Å². The summed E-state index contributed by atoms with van der Waals surface area (Å²) in [5, 5.41) is 12.0. The van der Waals surface area contributed by atoms with Gasteiger partial charge in [-0.1, -0.05) is 42.8 Å². The second-order valence-corrected chi connectivity index (χ2v) is 9.21. The van der Waals surface area contributed by atoms with Crippen molar-refractivity contribution in [3.05, 3.63) is 64.4 Å². The number of allylic oxidation sites excluding steroid dienone is 2. The summed E-state index contributed by atoms with van der Waals surface area (Å²) >= 11 is 6.05. The molecule has 0 unspecified atom stereocenters. The Labute approximate surface area is 182 Å². The van der Waals surface area contributed by atoms with Crippen LogP contribution in [0.1, 0.15) is 37.3 Å². The lowest BCUT2D eigenvalue weighted by Gasteiger charge is -2.45. The minimum Gasteiger partial charge on any atom is -0.511 e. The van der Waals surface area contributed by atoms with E-state index in [2.05, 4.69) is 30.1 Å². The number of Topliss-reactive ketones (excluding diaryl/α,β-unsaturated/α-hetero) is 1. The average Bonchev–Trinajstić information content (AvgIpc) is 3.06. The van der Waals surface area contributed by atoms with Crippen LogP contribution in [0.25, 0.3) is 16.7 Å². The van der Waals surface area contributed by atoms with Gasteiger partial charge < -0.3 is 5.11 Å². The molecule has 3 fully saturated rings. The van der Waals surface area contributed by atoms with E-state index in [1.54, 1.807) is 0 Å². The van der Waals surface area contributed by atoms with Gasteiger partial charge in [0.15, 0.2) is 5.78 Å². The van der Waals surface area contributed by atoms with Gasteiger partial charge >= 0.3 is 0 Å². The van der Waals surface area contributed by atoms with Gasteiger partial charge in [0.2, 0.25) is 0 Å². The number of aliphatic imine (C=N–C) groups is 1. The fourth-order valence-electron chi connectivity index (χ4n) is 5.98. The van der Waals surface area contributed by atoms with Crippen LogP contribution in [0.3, 0.4) is 0 Å². The molecule has 4 atom stereocenters. The molecule has 0 aromatic heterocycles. The second-order valence-electron chi connectivity index (χ2n) is 8.77. The van der Waals surface area contributed by atoms with Crippen molar-refractivity contribution in [1.82, 2.24) is 0 Å². The molecule has 4 aliphatic rings. The first-order valence-corrected chi connectivity index (χ1v) is 11.2. The molecule has 0 saturated heterocycles. The molecule has 0 heterocycles. The molecule has 4 heteroatoms. The quantitative estimate of drug-likeness (QED) is 0.648. The first-order chi connectivity index (χ1) is 14.5. The first kappa shape index (κ1) is 19.6. The summed E-state index contributed by atoms with van der Waals surface area (Å²) in [5.41, 5.74) is 5.78. The van der Waals surface area contributed by atoms with Crippen LogP contribution in [0.2, 0.25) is 5.02 Å². The summed E-state index contributed by atoms with van der Waals surface area (Å²) < 4.78 is 0. The Kier molecular flexibility index (Phi) is 4.82. The van der Waals surface area contributed by atoms with E-state index < -0.39 is 0 Å². The third-order valence-corrected chi connectivity index (χ3v) is 7.67. The lowest BCUT2D eigenvalue weighted by molar-refractivity contribution is -0.121. The topological polar surface area (TPSA) is 49.7 Å². The largest absolute Gasteiger partial charge is 0.511 e. The zero-order chi connectivity index (χ0) is 21.0. The van der Waals surface area contributed by atoms with Gasteiger partial charge in [-0.3, -0.25) is 9.79 Å². The smallest absolute Gasteiger partial charge is 0.170 e.